The van der Waals surface area contributed by atoms with Crippen LogP contribution in [0.3, 0.4) is 0 Å². The predicted molar refractivity (Wildman–Crippen MR) is 81.7 cm³/mol. The van der Waals surface area contributed by atoms with E-state index in [2.05, 4.69) is 36.6 Å². The normalized spacial score (nSPS) is 11.5. The Bertz CT molecular complexity index is 663. The molecule has 0 spiro atoms. The topological polar surface area (TPSA) is 46.2 Å². The van der Waals surface area contributed by atoms with Crippen LogP contribution >= 0.6 is 43.2 Å². The minimum atomic E-state index is -3.52. The predicted octanol–water partition coefficient (Wildman–Crippen LogP) is 4.38. The van der Waals surface area contributed by atoms with Crippen molar-refractivity contribution in [3.05, 3.63) is 43.5 Å². The van der Waals surface area contributed by atoms with Gasteiger partial charge in [-0.05, 0) is 53.2 Å². The van der Waals surface area contributed by atoms with Gasteiger partial charge in [0.2, 0.25) is 0 Å². The number of sulfonamides is 1. The zero-order chi connectivity index (χ0) is 13.3. The first-order valence-corrected chi connectivity index (χ1v) is 8.81. The third-order valence-corrected chi connectivity index (χ3v) is 5.95. The number of nitrogens with one attached hydrogen (secondary N) is 1. The molecular formula is C11H9Br2NO2S2. The van der Waals surface area contributed by atoms with Crippen molar-refractivity contribution in [1.82, 2.24) is 0 Å². The van der Waals surface area contributed by atoms with Gasteiger partial charge in [-0.2, -0.15) is 0 Å². The average Bonchev–Trinajstić information content (AvgIpc) is 2.62. The lowest BCUT2D eigenvalue weighted by molar-refractivity contribution is 0.601. The summed E-state index contributed by atoms with van der Waals surface area (Å²) in [6.07, 6.45) is 0. The SMILES string of the molecule is Cc1sc(Br)cc1S(=O)(=O)Nc1ccc(Br)cc1. The molecule has 0 bridgehead atoms. The second-order valence-corrected chi connectivity index (χ2v) is 8.79. The molecule has 0 aliphatic heterocycles. The number of hydrogen-bond acceptors (Lipinski definition) is 3. The number of anilines is 1. The molecule has 0 aliphatic carbocycles. The summed E-state index contributed by atoms with van der Waals surface area (Å²) in [5.41, 5.74) is 0.542. The van der Waals surface area contributed by atoms with Crippen LogP contribution in [0.15, 0.2) is 43.5 Å². The number of rotatable bonds is 3. The zero-order valence-corrected chi connectivity index (χ0v) is 14.1. The molecule has 3 nitrogen and oxygen atoms in total. The molecule has 7 heteroatoms. The summed E-state index contributed by atoms with van der Waals surface area (Å²) in [5.74, 6) is 0. The number of benzene rings is 1. The number of thiophene rings is 1. The van der Waals surface area contributed by atoms with Gasteiger partial charge in [0, 0.05) is 15.0 Å². The van der Waals surface area contributed by atoms with Crippen LogP contribution in [-0.4, -0.2) is 8.42 Å². The highest BCUT2D eigenvalue weighted by Crippen LogP contribution is 2.30. The van der Waals surface area contributed by atoms with Gasteiger partial charge in [0.25, 0.3) is 10.0 Å². The minimum Gasteiger partial charge on any atom is -0.280 e. The Morgan fingerprint density at radius 3 is 2.28 bits per heavy atom. The van der Waals surface area contributed by atoms with Gasteiger partial charge in [0.15, 0.2) is 0 Å². The fourth-order valence-electron chi connectivity index (χ4n) is 1.43. The second kappa shape index (κ2) is 5.32. The Kier molecular flexibility index (Phi) is 4.15. The molecule has 0 saturated carbocycles. The van der Waals surface area contributed by atoms with Crippen LogP contribution in [0.25, 0.3) is 0 Å². The highest BCUT2D eigenvalue weighted by atomic mass is 79.9. The molecule has 96 valence electrons. The first-order chi connectivity index (χ1) is 8.38. The molecule has 0 unspecified atom stereocenters. The van der Waals surface area contributed by atoms with Crippen molar-refractivity contribution < 1.29 is 8.42 Å². The van der Waals surface area contributed by atoms with Crippen LogP contribution in [0.1, 0.15) is 4.88 Å². The Morgan fingerprint density at radius 1 is 1.17 bits per heavy atom. The van der Waals surface area contributed by atoms with Gasteiger partial charge in [0.1, 0.15) is 4.90 Å². The third-order valence-electron chi connectivity index (χ3n) is 2.23. The van der Waals surface area contributed by atoms with Gasteiger partial charge in [-0.15, -0.1) is 11.3 Å². The lowest BCUT2D eigenvalue weighted by Crippen LogP contribution is -2.12. The van der Waals surface area contributed by atoms with Crippen molar-refractivity contribution in [3.8, 4) is 0 Å². The molecule has 1 N–H and O–H groups in total. The summed E-state index contributed by atoms with van der Waals surface area (Å²) in [7, 11) is -3.52. The third kappa shape index (κ3) is 3.14. The Hall–Kier alpha value is -0.370. The van der Waals surface area contributed by atoms with Crippen LogP contribution in [0.2, 0.25) is 0 Å². The maximum absolute atomic E-state index is 12.2. The van der Waals surface area contributed by atoms with Gasteiger partial charge in [-0.3, -0.25) is 4.72 Å². The Morgan fingerprint density at radius 2 is 1.78 bits per heavy atom. The maximum Gasteiger partial charge on any atom is 0.263 e. The second-order valence-electron chi connectivity index (χ2n) is 3.58. The Labute approximate surface area is 127 Å². The molecule has 2 aromatic rings. The molecule has 0 aliphatic rings. The van der Waals surface area contributed by atoms with Crippen LogP contribution in [0.5, 0.6) is 0 Å². The highest BCUT2D eigenvalue weighted by molar-refractivity contribution is 9.11. The zero-order valence-electron chi connectivity index (χ0n) is 9.28. The summed E-state index contributed by atoms with van der Waals surface area (Å²) < 4.78 is 28.6. The first kappa shape index (κ1) is 14.0. The van der Waals surface area contributed by atoms with Crippen molar-refractivity contribution in [2.75, 3.05) is 4.72 Å². The molecule has 0 atom stereocenters. The van der Waals surface area contributed by atoms with Crippen molar-refractivity contribution in [2.45, 2.75) is 11.8 Å². The van der Waals surface area contributed by atoms with Crippen LogP contribution in [-0.2, 0) is 10.0 Å². The van der Waals surface area contributed by atoms with E-state index < -0.39 is 10.0 Å². The fourth-order valence-corrected chi connectivity index (χ4v) is 5.16. The van der Waals surface area contributed by atoms with Crippen molar-refractivity contribution in [3.63, 3.8) is 0 Å². The summed E-state index contributed by atoms with van der Waals surface area (Å²) in [6, 6.07) is 8.60. The van der Waals surface area contributed by atoms with E-state index >= 15 is 0 Å². The summed E-state index contributed by atoms with van der Waals surface area (Å²) in [6.45, 7) is 1.78. The molecule has 2 rings (SSSR count). The minimum absolute atomic E-state index is 0.308. The van der Waals surface area contributed by atoms with E-state index in [0.717, 1.165) is 13.1 Å². The van der Waals surface area contributed by atoms with Crippen LogP contribution in [0, 0.1) is 6.92 Å². The van der Waals surface area contributed by atoms with E-state index in [1.54, 1.807) is 37.3 Å². The van der Waals surface area contributed by atoms with Gasteiger partial charge in [-0.25, -0.2) is 8.42 Å². The van der Waals surface area contributed by atoms with Crippen LogP contribution < -0.4 is 4.72 Å². The van der Waals surface area contributed by atoms with Crippen molar-refractivity contribution >= 4 is 58.9 Å². The molecule has 0 fully saturated rings. The van der Waals surface area contributed by atoms with E-state index in [1.807, 2.05) is 0 Å². The van der Waals surface area contributed by atoms with E-state index in [-0.39, 0.29) is 0 Å². The maximum atomic E-state index is 12.2. The summed E-state index contributed by atoms with van der Waals surface area (Å²) in [5, 5.41) is 0. The lowest BCUT2D eigenvalue weighted by Gasteiger charge is -2.07. The first-order valence-electron chi connectivity index (χ1n) is 4.93. The molecule has 0 amide bonds. The van der Waals surface area contributed by atoms with E-state index in [0.29, 0.717) is 10.6 Å². The van der Waals surface area contributed by atoms with Gasteiger partial charge < -0.3 is 0 Å². The van der Waals surface area contributed by atoms with Gasteiger partial charge >= 0.3 is 0 Å². The molecule has 1 aromatic carbocycles. The summed E-state index contributed by atoms with van der Waals surface area (Å²) >= 11 is 7.99. The lowest BCUT2D eigenvalue weighted by atomic mass is 10.3. The van der Waals surface area contributed by atoms with E-state index in [4.69, 9.17) is 0 Å². The van der Waals surface area contributed by atoms with E-state index in [9.17, 15) is 8.42 Å². The quantitative estimate of drug-likeness (QED) is 0.815. The average molecular weight is 411 g/mol. The largest absolute Gasteiger partial charge is 0.280 e. The monoisotopic (exact) mass is 409 g/mol. The summed E-state index contributed by atoms with van der Waals surface area (Å²) in [4.78, 5) is 1.06. The number of aryl methyl sites for hydroxylation is 1. The Balaban J connectivity index is 2.33. The van der Waals surface area contributed by atoms with Crippen LogP contribution in [0.4, 0.5) is 5.69 Å². The number of hydrogen-bond donors (Lipinski definition) is 1. The molecule has 18 heavy (non-hydrogen) atoms. The molecule has 0 saturated heterocycles. The van der Waals surface area contributed by atoms with Gasteiger partial charge in [-0.1, -0.05) is 15.9 Å². The highest BCUT2D eigenvalue weighted by Gasteiger charge is 2.19. The molecule has 1 aromatic heterocycles. The fraction of sp³-hybridized carbons (Fsp3) is 0.0909. The van der Waals surface area contributed by atoms with E-state index in [1.165, 1.54) is 11.3 Å². The number of halogens is 2. The van der Waals surface area contributed by atoms with Crippen molar-refractivity contribution in [2.24, 2.45) is 0 Å². The smallest absolute Gasteiger partial charge is 0.263 e. The molecule has 1 heterocycles. The van der Waals surface area contributed by atoms with Gasteiger partial charge in [0.05, 0.1) is 3.79 Å². The standard InChI is InChI=1S/C11H9Br2NO2S2/c1-7-10(6-11(13)17-7)18(15,16)14-9-4-2-8(12)3-5-9/h2-6,14H,1H3. The molecular weight excluding hydrogens is 402 g/mol. The molecule has 0 radical (unpaired) electrons. The van der Waals surface area contributed by atoms with Crippen molar-refractivity contribution in [1.29, 1.82) is 0 Å².